The van der Waals surface area contributed by atoms with Gasteiger partial charge in [0.15, 0.2) is 16.8 Å². The number of hydrogen-bond donors (Lipinski definition) is 1. The summed E-state index contributed by atoms with van der Waals surface area (Å²) in [6.45, 7) is 4.19. The van der Waals surface area contributed by atoms with Crippen LogP contribution in [0.2, 0.25) is 5.02 Å². The molecule has 0 fully saturated rings. The van der Waals surface area contributed by atoms with E-state index in [0.29, 0.717) is 15.7 Å². The molecule has 0 spiro atoms. The van der Waals surface area contributed by atoms with Gasteiger partial charge in [0, 0.05) is 33.4 Å². The summed E-state index contributed by atoms with van der Waals surface area (Å²) in [5, 5.41) is 11.2. The Hall–Kier alpha value is -2.61. The number of rotatable bonds is 8. The molecule has 0 radical (unpaired) electrons. The number of nitrogens with zero attached hydrogens (tertiary/aromatic N) is 4. The van der Waals surface area contributed by atoms with Crippen LogP contribution in [0.25, 0.3) is 16.6 Å². The minimum Gasteiger partial charge on any atom is -0.360 e. The number of carbonyl (C=O) groups is 1. The second-order valence-corrected chi connectivity index (χ2v) is 9.28. The number of Topliss-reactive ketones (excluding diaryl/α,β-unsaturated/α-hetero) is 1. The zero-order valence-corrected chi connectivity index (χ0v) is 20.2. The van der Waals surface area contributed by atoms with Crippen molar-refractivity contribution in [1.29, 1.82) is 0 Å². The number of aromatic nitrogens is 4. The summed E-state index contributed by atoms with van der Waals surface area (Å²) < 4.78 is 2.00. The highest BCUT2D eigenvalue weighted by Crippen LogP contribution is 2.29. The van der Waals surface area contributed by atoms with Crippen LogP contribution in [-0.2, 0) is 6.42 Å². The van der Waals surface area contributed by atoms with E-state index in [1.165, 1.54) is 17.3 Å². The van der Waals surface area contributed by atoms with E-state index < -0.39 is 0 Å². The summed E-state index contributed by atoms with van der Waals surface area (Å²) >= 11 is 7.49. The lowest BCUT2D eigenvalue weighted by Gasteiger charge is -2.20. The zero-order valence-electron chi connectivity index (χ0n) is 18.6. The molecule has 1 atom stereocenters. The Morgan fingerprint density at radius 3 is 2.62 bits per heavy atom. The number of ketones is 1. The van der Waals surface area contributed by atoms with Crippen molar-refractivity contribution >= 4 is 40.0 Å². The lowest BCUT2D eigenvalue weighted by atomic mass is 10.1. The maximum atomic E-state index is 13.1. The van der Waals surface area contributed by atoms with Crippen LogP contribution in [0, 0.1) is 0 Å². The minimum absolute atomic E-state index is 0.0457. The van der Waals surface area contributed by atoms with E-state index in [9.17, 15) is 4.79 Å². The summed E-state index contributed by atoms with van der Waals surface area (Å²) in [5.74, 6) is 1.14. The highest BCUT2D eigenvalue weighted by atomic mass is 35.5. The largest absolute Gasteiger partial charge is 0.360 e. The minimum atomic E-state index is 0.0457. The monoisotopic (exact) mass is 467 g/mol. The van der Waals surface area contributed by atoms with E-state index in [1.807, 2.05) is 61.3 Å². The molecule has 0 aliphatic heterocycles. The zero-order chi connectivity index (χ0) is 22.8. The second kappa shape index (κ2) is 9.48. The fourth-order valence-electron chi connectivity index (χ4n) is 3.66. The van der Waals surface area contributed by atoms with Gasteiger partial charge in [-0.2, -0.15) is 0 Å². The van der Waals surface area contributed by atoms with Crippen LogP contribution in [-0.4, -0.2) is 50.3 Å². The first kappa shape index (κ1) is 22.6. The fraction of sp³-hybridized carbons (Fsp3) is 0.292. The molecule has 0 saturated carbocycles. The third-order valence-corrected chi connectivity index (χ3v) is 6.89. The molecule has 4 rings (SSSR count). The first-order chi connectivity index (χ1) is 15.4. The van der Waals surface area contributed by atoms with E-state index >= 15 is 0 Å². The molecule has 2 heterocycles. The summed E-state index contributed by atoms with van der Waals surface area (Å²) in [6.07, 6.45) is 2.73. The van der Waals surface area contributed by atoms with Crippen molar-refractivity contribution in [1.82, 2.24) is 24.6 Å². The van der Waals surface area contributed by atoms with E-state index in [2.05, 4.69) is 40.0 Å². The van der Waals surface area contributed by atoms with Gasteiger partial charge in [-0.3, -0.25) is 14.3 Å². The maximum Gasteiger partial charge on any atom is 0.196 e. The SMILES string of the molecule is CCc1cccc2c(C(=O)CSc3nnc([C@@H](C)N(C)C)n3-c3ccc(Cl)cc3)c[nH]c12. The normalized spacial score (nSPS) is 12.6. The lowest BCUT2D eigenvalue weighted by Crippen LogP contribution is -2.20. The molecule has 0 aliphatic carbocycles. The molecule has 6 nitrogen and oxygen atoms in total. The first-order valence-electron chi connectivity index (χ1n) is 10.5. The van der Waals surface area contributed by atoms with Gasteiger partial charge in [0.1, 0.15) is 0 Å². The molecule has 1 N–H and O–H groups in total. The first-order valence-corrected chi connectivity index (χ1v) is 11.9. The number of halogens is 1. The third-order valence-electron chi connectivity index (χ3n) is 5.71. The molecule has 32 heavy (non-hydrogen) atoms. The van der Waals surface area contributed by atoms with Crippen molar-refractivity contribution in [2.45, 2.75) is 31.5 Å². The van der Waals surface area contributed by atoms with Gasteiger partial charge >= 0.3 is 0 Å². The van der Waals surface area contributed by atoms with Crippen LogP contribution >= 0.6 is 23.4 Å². The van der Waals surface area contributed by atoms with Crippen LogP contribution < -0.4 is 0 Å². The van der Waals surface area contributed by atoms with Gasteiger partial charge in [0.2, 0.25) is 0 Å². The topological polar surface area (TPSA) is 66.8 Å². The van der Waals surface area contributed by atoms with Crippen molar-refractivity contribution in [3.05, 3.63) is 70.6 Å². The van der Waals surface area contributed by atoms with E-state index in [-0.39, 0.29) is 17.6 Å². The Morgan fingerprint density at radius 1 is 1.19 bits per heavy atom. The Morgan fingerprint density at radius 2 is 1.94 bits per heavy atom. The Labute approximate surface area is 197 Å². The van der Waals surface area contributed by atoms with Crippen LogP contribution in [0.3, 0.4) is 0 Å². The predicted octanol–water partition coefficient (Wildman–Crippen LogP) is 5.56. The van der Waals surface area contributed by atoms with Gasteiger partial charge in [-0.05, 0) is 57.3 Å². The summed E-state index contributed by atoms with van der Waals surface area (Å²) in [4.78, 5) is 18.5. The van der Waals surface area contributed by atoms with Crippen molar-refractivity contribution in [3.8, 4) is 5.69 Å². The number of aryl methyl sites for hydroxylation is 1. The van der Waals surface area contributed by atoms with Crippen LogP contribution in [0.15, 0.2) is 53.8 Å². The number of thioether (sulfide) groups is 1. The lowest BCUT2D eigenvalue weighted by molar-refractivity contribution is 0.102. The Bertz CT molecular complexity index is 1250. The van der Waals surface area contributed by atoms with Crippen molar-refractivity contribution in [2.75, 3.05) is 19.8 Å². The average Bonchev–Trinajstić information content (AvgIpc) is 3.41. The quantitative estimate of drug-likeness (QED) is 0.271. The molecule has 0 saturated heterocycles. The van der Waals surface area contributed by atoms with E-state index in [0.717, 1.165) is 28.8 Å². The summed E-state index contributed by atoms with van der Waals surface area (Å²) in [6, 6.07) is 13.7. The molecule has 0 amide bonds. The second-order valence-electron chi connectivity index (χ2n) is 7.90. The molecule has 2 aromatic heterocycles. The predicted molar refractivity (Wildman–Crippen MR) is 131 cm³/mol. The molecular formula is C24H26ClN5OS. The smallest absolute Gasteiger partial charge is 0.196 e. The van der Waals surface area contributed by atoms with Crippen LogP contribution in [0.5, 0.6) is 0 Å². The van der Waals surface area contributed by atoms with Gasteiger partial charge in [0.05, 0.1) is 11.8 Å². The molecule has 2 aromatic carbocycles. The van der Waals surface area contributed by atoms with Gasteiger partial charge in [-0.25, -0.2) is 0 Å². The molecule has 0 unspecified atom stereocenters. The van der Waals surface area contributed by atoms with Gasteiger partial charge in [0.25, 0.3) is 0 Å². The molecular weight excluding hydrogens is 442 g/mol. The standard InChI is InChI=1S/C24H26ClN5OS/c1-5-16-7-6-8-19-20(13-26-22(16)19)21(31)14-32-24-28-27-23(15(2)29(3)4)30(24)18-11-9-17(25)10-12-18/h6-13,15,26H,5,14H2,1-4H3/t15-/m1/s1. The number of nitrogens with one attached hydrogen (secondary N) is 1. The summed E-state index contributed by atoms with van der Waals surface area (Å²) in [5.41, 5.74) is 3.87. The van der Waals surface area contributed by atoms with Gasteiger partial charge in [-0.15, -0.1) is 10.2 Å². The molecule has 8 heteroatoms. The molecule has 4 aromatic rings. The fourth-order valence-corrected chi connectivity index (χ4v) is 4.63. The van der Waals surface area contributed by atoms with Crippen LogP contribution in [0.1, 0.15) is 41.6 Å². The van der Waals surface area contributed by atoms with Gasteiger partial charge < -0.3 is 4.98 Å². The number of fused-ring (bicyclic) bond motifs is 1. The average molecular weight is 468 g/mol. The molecule has 0 aliphatic rings. The van der Waals surface area contributed by atoms with Crippen molar-refractivity contribution in [3.63, 3.8) is 0 Å². The maximum absolute atomic E-state index is 13.1. The Balaban J connectivity index is 1.63. The summed E-state index contributed by atoms with van der Waals surface area (Å²) in [7, 11) is 4.01. The Kier molecular flexibility index (Phi) is 6.69. The molecule has 0 bridgehead atoms. The van der Waals surface area contributed by atoms with Gasteiger partial charge in [-0.1, -0.05) is 48.5 Å². The van der Waals surface area contributed by atoms with E-state index in [1.54, 1.807) is 0 Å². The highest BCUT2D eigenvalue weighted by molar-refractivity contribution is 7.99. The third kappa shape index (κ3) is 4.33. The molecule has 166 valence electrons. The number of benzene rings is 2. The number of carbonyl (C=O) groups excluding carboxylic acids is 1. The number of hydrogen-bond acceptors (Lipinski definition) is 5. The highest BCUT2D eigenvalue weighted by Gasteiger charge is 2.22. The number of aromatic amines is 1. The number of para-hydroxylation sites is 1. The van der Waals surface area contributed by atoms with Crippen molar-refractivity contribution in [2.24, 2.45) is 0 Å². The van der Waals surface area contributed by atoms with Crippen molar-refractivity contribution < 1.29 is 4.79 Å². The van der Waals surface area contributed by atoms with E-state index in [4.69, 9.17) is 11.6 Å². The van der Waals surface area contributed by atoms with Crippen LogP contribution in [0.4, 0.5) is 0 Å². The number of H-pyrrole nitrogens is 1.